The van der Waals surface area contributed by atoms with Gasteiger partial charge in [-0.05, 0) is 113 Å². The molecule has 0 saturated heterocycles. The van der Waals surface area contributed by atoms with Gasteiger partial charge in [-0.25, -0.2) is 0 Å². The third-order valence-electron chi connectivity index (χ3n) is 11.4. The number of allylic oxidation sites excluding steroid dienone is 7. The molecule has 8 aromatic rings. The molecule has 0 fully saturated rings. The van der Waals surface area contributed by atoms with E-state index in [0.717, 1.165) is 33.9 Å². The number of para-hydroxylation sites is 3. The molecule has 7 aromatic carbocycles. The smallest absolute Gasteiger partial charge is 0.0711 e. The van der Waals surface area contributed by atoms with Crippen LogP contribution < -0.4 is 4.90 Å². The monoisotopic (exact) mass is 732 g/mol. The largest absolute Gasteiger partial charge is 0.311 e. The van der Waals surface area contributed by atoms with Crippen molar-refractivity contribution in [3.63, 3.8) is 0 Å². The van der Waals surface area contributed by atoms with Crippen LogP contribution in [0.1, 0.15) is 36.1 Å². The Hall–Kier alpha value is -7.16. The molecule has 2 heteroatoms. The van der Waals surface area contributed by atoms with Crippen molar-refractivity contribution in [2.24, 2.45) is 0 Å². The topological polar surface area (TPSA) is 8.17 Å². The van der Waals surface area contributed by atoms with E-state index in [0.29, 0.717) is 0 Å². The Morgan fingerprint density at radius 2 is 1.14 bits per heavy atom. The third-order valence-corrected chi connectivity index (χ3v) is 11.4. The minimum atomic E-state index is -0.496. The fraction of sp³-hybridized carbons (Fsp3) is 0.0545. The van der Waals surface area contributed by atoms with E-state index >= 15 is 0 Å². The average Bonchev–Trinajstić information content (AvgIpc) is 3.76. The van der Waals surface area contributed by atoms with Crippen molar-refractivity contribution in [1.82, 2.24) is 4.57 Å². The first-order valence-electron chi connectivity index (χ1n) is 19.6. The molecule has 1 aromatic heterocycles. The predicted octanol–water partition coefficient (Wildman–Crippen LogP) is 14.5. The third kappa shape index (κ3) is 5.89. The highest BCUT2D eigenvalue weighted by atomic mass is 15.1. The summed E-state index contributed by atoms with van der Waals surface area (Å²) in [5.41, 5.74) is 15.4. The van der Waals surface area contributed by atoms with Crippen LogP contribution in [0.2, 0.25) is 0 Å². The van der Waals surface area contributed by atoms with Crippen molar-refractivity contribution < 1.29 is 0 Å². The minimum Gasteiger partial charge on any atom is -0.311 e. The summed E-state index contributed by atoms with van der Waals surface area (Å²) in [5.74, 6) is 0. The van der Waals surface area contributed by atoms with Crippen molar-refractivity contribution >= 4 is 38.8 Å². The molecule has 0 aliphatic heterocycles. The average molecular weight is 733 g/mol. The molecule has 1 atom stereocenters. The highest BCUT2D eigenvalue weighted by Gasteiger charge is 2.46. The number of anilines is 2. The van der Waals surface area contributed by atoms with Gasteiger partial charge in [-0.3, -0.25) is 0 Å². The minimum absolute atomic E-state index is 0.496. The molecule has 0 N–H and O–H groups in total. The summed E-state index contributed by atoms with van der Waals surface area (Å²) in [7, 11) is 0. The molecule has 0 radical (unpaired) electrons. The summed E-state index contributed by atoms with van der Waals surface area (Å²) in [4.78, 5) is 2.25. The van der Waals surface area contributed by atoms with Crippen molar-refractivity contribution in [2.45, 2.75) is 19.3 Å². The lowest BCUT2D eigenvalue weighted by atomic mass is 9.67. The van der Waals surface area contributed by atoms with Crippen molar-refractivity contribution in [3.05, 3.63) is 253 Å². The van der Waals surface area contributed by atoms with Gasteiger partial charge in [-0.2, -0.15) is 0 Å². The zero-order valence-corrected chi connectivity index (χ0v) is 32.4. The number of nitrogens with zero attached hydrogens (tertiary/aromatic N) is 2. The molecule has 0 bridgehead atoms. The van der Waals surface area contributed by atoms with E-state index in [4.69, 9.17) is 0 Å². The molecule has 9 rings (SSSR count). The standard InChI is InChI=1S/C55H44N2/c1-5-19-42(6-2)55(43-20-9-7-10-21-43)51-27-16-13-24-47(51)48-37-36-46(38-52(48)55)56(44-22-11-8-12-23-44)40(4)31-30-39(3)41-32-34-45(35-33-41)57-53-28-17-14-25-49(53)50-26-15-18-29-54(50)57/h5-38H,3-4H2,1-2H3/b19-5-,31-30-,42-6+. The molecule has 57 heavy (non-hydrogen) atoms. The second-order valence-electron chi connectivity index (χ2n) is 14.6. The zero-order valence-electron chi connectivity index (χ0n) is 32.4. The summed E-state index contributed by atoms with van der Waals surface area (Å²) in [6.45, 7) is 13.4. The van der Waals surface area contributed by atoms with Gasteiger partial charge >= 0.3 is 0 Å². The molecule has 1 aliphatic carbocycles. The van der Waals surface area contributed by atoms with Gasteiger partial charge in [0.2, 0.25) is 0 Å². The van der Waals surface area contributed by atoms with Crippen LogP contribution in [0.3, 0.4) is 0 Å². The number of fused-ring (bicyclic) bond motifs is 6. The lowest BCUT2D eigenvalue weighted by Crippen LogP contribution is -2.29. The SMILES string of the molecule is C=C(/C=C\C(=C)N(c1ccccc1)c1ccc2c(c1)C(C(/C=C\C)=C/C)(c1ccccc1)c1ccccc1-2)c1ccc(-n2c3ccccc3c3ccccc32)cc1. The van der Waals surface area contributed by atoms with E-state index in [1.54, 1.807) is 0 Å². The van der Waals surface area contributed by atoms with E-state index in [9.17, 15) is 0 Å². The molecule has 1 aliphatic rings. The Morgan fingerprint density at radius 1 is 0.544 bits per heavy atom. The van der Waals surface area contributed by atoms with Crippen LogP contribution in [0.4, 0.5) is 11.4 Å². The molecule has 1 unspecified atom stereocenters. The second-order valence-corrected chi connectivity index (χ2v) is 14.6. The molecular weight excluding hydrogens is 689 g/mol. The van der Waals surface area contributed by atoms with E-state index < -0.39 is 5.41 Å². The predicted molar refractivity (Wildman–Crippen MR) is 243 cm³/mol. The Bertz CT molecular complexity index is 2830. The molecule has 0 saturated carbocycles. The number of benzene rings is 7. The Balaban J connectivity index is 1.09. The summed E-state index contributed by atoms with van der Waals surface area (Å²) in [6.07, 6.45) is 10.8. The van der Waals surface area contributed by atoms with Crippen LogP contribution in [-0.2, 0) is 5.41 Å². The molecular formula is C55H44N2. The highest BCUT2D eigenvalue weighted by molar-refractivity contribution is 6.09. The highest BCUT2D eigenvalue weighted by Crippen LogP contribution is 2.57. The molecule has 1 heterocycles. The van der Waals surface area contributed by atoms with Crippen LogP contribution in [0.15, 0.2) is 231 Å². The van der Waals surface area contributed by atoms with Crippen molar-refractivity contribution in [1.29, 1.82) is 0 Å². The summed E-state index contributed by atoms with van der Waals surface area (Å²) in [6, 6.07) is 63.1. The van der Waals surface area contributed by atoms with E-state index in [2.05, 4.69) is 243 Å². The first kappa shape index (κ1) is 35.5. The van der Waals surface area contributed by atoms with Crippen LogP contribution in [0.25, 0.3) is 44.2 Å². The van der Waals surface area contributed by atoms with E-state index in [1.165, 1.54) is 55.2 Å². The van der Waals surface area contributed by atoms with Gasteiger partial charge in [0, 0.05) is 33.5 Å². The van der Waals surface area contributed by atoms with E-state index in [-0.39, 0.29) is 0 Å². The normalized spacial score (nSPS) is 15.0. The molecule has 0 spiro atoms. The first-order valence-corrected chi connectivity index (χ1v) is 19.6. The van der Waals surface area contributed by atoms with Gasteiger partial charge in [-0.15, -0.1) is 0 Å². The van der Waals surface area contributed by atoms with Gasteiger partial charge < -0.3 is 9.47 Å². The van der Waals surface area contributed by atoms with Crippen LogP contribution in [0, 0.1) is 0 Å². The first-order chi connectivity index (χ1) is 28.0. The fourth-order valence-electron chi connectivity index (χ4n) is 8.95. The maximum absolute atomic E-state index is 4.66. The number of hydrogen-bond acceptors (Lipinski definition) is 1. The maximum atomic E-state index is 4.66. The molecule has 274 valence electrons. The lowest BCUT2D eigenvalue weighted by molar-refractivity contribution is 0.764. The molecule has 2 nitrogen and oxygen atoms in total. The Kier molecular flexibility index (Phi) is 9.24. The quantitative estimate of drug-likeness (QED) is 0.127. The van der Waals surface area contributed by atoms with Gasteiger partial charge in [0.05, 0.1) is 16.4 Å². The van der Waals surface area contributed by atoms with Gasteiger partial charge in [0.15, 0.2) is 0 Å². The van der Waals surface area contributed by atoms with Crippen LogP contribution in [0.5, 0.6) is 0 Å². The van der Waals surface area contributed by atoms with Gasteiger partial charge in [0.25, 0.3) is 0 Å². The van der Waals surface area contributed by atoms with E-state index in [1.807, 2.05) is 0 Å². The van der Waals surface area contributed by atoms with Gasteiger partial charge in [-0.1, -0.05) is 165 Å². The summed E-state index contributed by atoms with van der Waals surface area (Å²) < 4.78 is 2.34. The number of hydrogen-bond donors (Lipinski definition) is 0. The number of rotatable bonds is 10. The van der Waals surface area contributed by atoms with Crippen LogP contribution >= 0.6 is 0 Å². The van der Waals surface area contributed by atoms with Crippen LogP contribution in [-0.4, -0.2) is 4.57 Å². The lowest BCUT2D eigenvalue weighted by Gasteiger charge is -2.35. The van der Waals surface area contributed by atoms with Crippen molar-refractivity contribution in [3.8, 4) is 16.8 Å². The van der Waals surface area contributed by atoms with Gasteiger partial charge in [0.1, 0.15) is 0 Å². The second kappa shape index (κ2) is 14.8. The Morgan fingerprint density at radius 3 is 1.81 bits per heavy atom. The zero-order chi connectivity index (χ0) is 38.9. The van der Waals surface area contributed by atoms with Crippen molar-refractivity contribution in [2.75, 3.05) is 4.90 Å². The maximum Gasteiger partial charge on any atom is 0.0711 e. The Labute approximate surface area is 336 Å². The summed E-state index contributed by atoms with van der Waals surface area (Å²) in [5, 5.41) is 2.51. The summed E-state index contributed by atoms with van der Waals surface area (Å²) >= 11 is 0. The fourth-order valence-corrected chi connectivity index (χ4v) is 8.95. The number of aromatic nitrogens is 1. The molecule has 0 amide bonds.